The second kappa shape index (κ2) is 7.73. The third-order valence-corrected chi connectivity index (χ3v) is 4.46. The number of aliphatic hydroxyl groups is 2. The number of aliphatic hydroxyl groups excluding tert-OH is 2. The van der Waals surface area contributed by atoms with Crippen LogP contribution >= 0.6 is 0 Å². The van der Waals surface area contributed by atoms with Gasteiger partial charge in [0, 0.05) is 10.9 Å². The Balaban J connectivity index is 2.09. The summed E-state index contributed by atoms with van der Waals surface area (Å²) in [6.07, 6.45) is 0. The SMILES string of the molecule is COc1ccc(-c2cc(C(=O)NC(C)(CO)CO)c3ccccc3n2)cc1. The first-order chi connectivity index (χ1) is 13.0. The lowest BCUT2D eigenvalue weighted by atomic mass is 10.0. The molecule has 0 aliphatic heterocycles. The van der Waals surface area contributed by atoms with E-state index < -0.39 is 5.54 Å². The summed E-state index contributed by atoms with van der Waals surface area (Å²) in [5.74, 6) is 0.355. The Hall–Kier alpha value is -2.96. The number of nitrogens with zero attached hydrogens (tertiary/aromatic N) is 1. The first-order valence-corrected chi connectivity index (χ1v) is 8.58. The molecular formula is C21H22N2O4. The number of methoxy groups -OCH3 is 1. The van der Waals surface area contributed by atoms with Crippen molar-refractivity contribution >= 4 is 16.8 Å². The molecule has 0 aliphatic rings. The molecule has 27 heavy (non-hydrogen) atoms. The maximum Gasteiger partial charge on any atom is 0.252 e. The van der Waals surface area contributed by atoms with Crippen molar-refractivity contribution in [2.45, 2.75) is 12.5 Å². The number of amides is 1. The van der Waals surface area contributed by atoms with Crippen LogP contribution in [0.4, 0.5) is 0 Å². The Morgan fingerprint density at radius 2 is 1.78 bits per heavy atom. The third kappa shape index (κ3) is 3.92. The lowest BCUT2D eigenvalue weighted by molar-refractivity contribution is 0.0725. The number of ether oxygens (including phenoxy) is 1. The fourth-order valence-electron chi connectivity index (χ4n) is 2.74. The van der Waals surface area contributed by atoms with Crippen LogP contribution in [0, 0.1) is 0 Å². The third-order valence-electron chi connectivity index (χ3n) is 4.46. The van der Waals surface area contributed by atoms with Crippen molar-refractivity contribution in [3.05, 3.63) is 60.2 Å². The number of carbonyl (C=O) groups is 1. The number of hydrogen-bond acceptors (Lipinski definition) is 5. The van der Waals surface area contributed by atoms with Gasteiger partial charge in [0.15, 0.2) is 0 Å². The average Bonchev–Trinajstić information content (AvgIpc) is 2.72. The van der Waals surface area contributed by atoms with Crippen molar-refractivity contribution < 1.29 is 19.7 Å². The molecule has 0 saturated heterocycles. The number of pyridine rings is 1. The van der Waals surface area contributed by atoms with Crippen LogP contribution in [-0.2, 0) is 0 Å². The van der Waals surface area contributed by atoms with Crippen molar-refractivity contribution in [1.82, 2.24) is 10.3 Å². The zero-order valence-electron chi connectivity index (χ0n) is 15.3. The second-order valence-corrected chi connectivity index (χ2v) is 6.63. The smallest absolute Gasteiger partial charge is 0.252 e. The summed E-state index contributed by atoms with van der Waals surface area (Å²) in [7, 11) is 1.60. The summed E-state index contributed by atoms with van der Waals surface area (Å²) in [4.78, 5) is 17.6. The molecule has 0 fully saturated rings. The monoisotopic (exact) mass is 366 g/mol. The predicted octanol–water partition coefficient (Wildman–Crippen LogP) is 2.38. The Labute approximate surface area is 157 Å². The molecule has 0 radical (unpaired) electrons. The molecule has 140 valence electrons. The topological polar surface area (TPSA) is 91.7 Å². The van der Waals surface area contributed by atoms with E-state index >= 15 is 0 Å². The van der Waals surface area contributed by atoms with Crippen LogP contribution in [0.15, 0.2) is 54.6 Å². The standard InChI is InChI=1S/C21H22N2O4/c1-21(12-24,13-25)23-20(26)17-11-19(14-7-9-15(27-2)10-8-14)22-18-6-4-3-5-16(17)18/h3-11,24-25H,12-13H2,1-2H3,(H,23,26). The minimum atomic E-state index is -1.11. The number of benzene rings is 2. The zero-order valence-corrected chi connectivity index (χ0v) is 15.3. The molecule has 6 nitrogen and oxygen atoms in total. The zero-order chi connectivity index (χ0) is 19.4. The van der Waals surface area contributed by atoms with Crippen molar-refractivity contribution in [2.75, 3.05) is 20.3 Å². The largest absolute Gasteiger partial charge is 0.497 e. The van der Waals surface area contributed by atoms with E-state index in [0.29, 0.717) is 22.2 Å². The van der Waals surface area contributed by atoms with Gasteiger partial charge in [-0.25, -0.2) is 4.98 Å². The van der Waals surface area contributed by atoms with Gasteiger partial charge in [-0.05, 0) is 43.3 Å². The quantitative estimate of drug-likeness (QED) is 0.623. The van der Waals surface area contributed by atoms with E-state index in [0.717, 1.165) is 11.3 Å². The van der Waals surface area contributed by atoms with E-state index in [1.54, 1.807) is 20.1 Å². The molecule has 6 heteroatoms. The summed E-state index contributed by atoms with van der Waals surface area (Å²) in [5, 5.41) is 22.4. The molecule has 0 saturated carbocycles. The molecule has 0 aliphatic carbocycles. The minimum absolute atomic E-state index is 0.371. The summed E-state index contributed by atoms with van der Waals surface area (Å²) < 4.78 is 5.18. The maximum absolute atomic E-state index is 12.9. The number of nitrogens with one attached hydrogen (secondary N) is 1. The maximum atomic E-state index is 12.9. The van der Waals surface area contributed by atoms with Crippen LogP contribution in [0.3, 0.4) is 0 Å². The van der Waals surface area contributed by atoms with Gasteiger partial charge in [0.05, 0.1) is 42.6 Å². The Morgan fingerprint density at radius 3 is 2.41 bits per heavy atom. The molecule has 2 aromatic carbocycles. The fraction of sp³-hybridized carbons (Fsp3) is 0.238. The van der Waals surface area contributed by atoms with Gasteiger partial charge in [-0.3, -0.25) is 4.79 Å². The molecule has 1 amide bonds. The number of para-hydroxylation sites is 1. The lowest BCUT2D eigenvalue weighted by Gasteiger charge is -2.26. The van der Waals surface area contributed by atoms with Gasteiger partial charge in [-0.2, -0.15) is 0 Å². The van der Waals surface area contributed by atoms with Crippen LogP contribution in [0.25, 0.3) is 22.2 Å². The van der Waals surface area contributed by atoms with Crippen molar-refractivity contribution in [3.8, 4) is 17.0 Å². The van der Waals surface area contributed by atoms with Gasteiger partial charge >= 0.3 is 0 Å². The Kier molecular flexibility index (Phi) is 5.39. The van der Waals surface area contributed by atoms with E-state index in [1.807, 2.05) is 48.5 Å². The van der Waals surface area contributed by atoms with Crippen LogP contribution < -0.4 is 10.1 Å². The molecule has 3 rings (SSSR count). The fourth-order valence-corrected chi connectivity index (χ4v) is 2.74. The van der Waals surface area contributed by atoms with E-state index in [2.05, 4.69) is 10.3 Å². The van der Waals surface area contributed by atoms with Crippen LogP contribution in [0.1, 0.15) is 17.3 Å². The van der Waals surface area contributed by atoms with Crippen LogP contribution in [-0.4, -0.2) is 47.0 Å². The molecule has 0 atom stereocenters. The average molecular weight is 366 g/mol. The van der Waals surface area contributed by atoms with Crippen molar-refractivity contribution in [2.24, 2.45) is 0 Å². The first kappa shape index (κ1) is 18.8. The highest BCUT2D eigenvalue weighted by molar-refractivity contribution is 6.07. The molecule has 0 unspecified atom stereocenters. The molecule has 3 aromatic rings. The Bertz CT molecular complexity index is 950. The molecule has 1 heterocycles. The van der Waals surface area contributed by atoms with Crippen LogP contribution in [0.5, 0.6) is 5.75 Å². The lowest BCUT2D eigenvalue weighted by Crippen LogP contribution is -2.51. The number of rotatable bonds is 6. The van der Waals surface area contributed by atoms with E-state index in [-0.39, 0.29) is 19.1 Å². The van der Waals surface area contributed by atoms with Gasteiger partial charge in [0.2, 0.25) is 0 Å². The normalized spacial score (nSPS) is 11.4. The minimum Gasteiger partial charge on any atom is -0.497 e. The number of fused-ring (bicyclic) bond motifs is 1. The number of carbonyl (C=O) groups excluding carboxylic acids is 1. The van der Waals surface area contributed by atoms with Crippen LogP contribution in [0.2, 0.25) is 0 Å². The molecule has 3 N–H and O–H groups in total. The van der Waals surface area contributed by atoms with Gasteiger partial charge in [0.1, 0.15) is 5.75 Å². The molecule has 1 aromatic heterocycles. The summed E-state index contributed by atoms with van der Waals surface area (Å²) in [6, 6.07) is 16.5. The van der Waals surface area contributed by atoms with E-state index in [9.17, 15) is 15.0 Å². The molecule has 0 bridgehead atoms. The highest BCUT2D eigenvalue weighted by atomic mass is 16.5. The van der Waals surface area contributed by atoms with Gasteiger partial charge in [-0.1, -0.05) is 18.2 Å². The molecular weight excluding hydrogens is 344 g/mol. The Morgan fingerprint density at radius 1 is 1.11 bits per heavy atom. The van der Waals surface area contributed by atoms with Crippen molar-refractivity contribution in [1.29, 1.82) is 0 Å². The summed E-state index contributed by atoms with van der Waals surface area (Å²) in [6.45, 7) is 0.839. The molecule has 0 spiro atoms. The number of aromatic nitrogens is 1. The summed E-state index contributed by atoms with van der Waals surface area (Å²) >= 11 is 0. The van der Waals surface area contributed by atoms with Gasteiger partial charge in [0.25, 0.3) is 5.91 Å². The van der Waals surface area contributed by atoms with Crippen molar-refractivity contribution in [3.63, 3.8) is 0 Å². The highest BCUT2D eigenvalue weighted by Crippen LogP contribution is 2.26. The summed E-state index contributed by atoms with van der Waals surface area (Å²) in [5.41, 5.74) is 1.51. The van der Waals surface area contributed by atoms with E-state index in [1.165, 1.54) is 0 Å². The first-order valence-electron chi connectivity index (χ1n) is 8.58. The predicted molar refractivity (Wildman–Crippen MR) is 104 cm³/mol. The number of hydrogen-bond donors (Lipinski definition) is 3. The van der Waals surface area contributed by atoms with Gasteiger partial charge in [-0.15, -0.1) is 0 Å². The van der Waals surface area contributed by atoms with E-state index in [4.69, 9.17) is 4.74 Å². The van der Waals surface area contributed by atoms with Gasteiger partial charge < -0.3 is 20.3 Å². The second-order valence-electron chi connectivity index (χ2n) is 6.63. The highest BCUT2D eigenvalue weighted by Gasteiger charge is 2.26.